The zero-order chi connectivity index (χ0) is 16.8. The molecule has 1 fully saturated rings. The maximum atomic E-state index is 12.4. The molecule has 0 atom stereocenters. The summed E-state index contributed by atoms with van der Waals surface area (Å²) < 4.78 is 5.13. The third-order valence-electron chi connectivity index (χ3n) is 3.98. The Balaban J connectivity index is 1.68. The van der Waals surface area contributed by atoms with E-state index in [9.17, 15) is 4.79 Å². The highest BCUT2D eigenvalue weighted by Crippen LogP contribution is 2.11. The van der Waals surface area contributed by atoms with E-state index in [1.807, 2.05) is 53.4 Å². The minimum absolute atomic E-state index is 0.0890. The van der Waals surface area contributed by atoms with Gasteiger partial charge < -0.3 is 15.0 Å². The SMILES string of the molecule is COc1ccc(C#Cc2ccc(C(=O)N3CCNCC3)cc2)cc1. The Morgan fingerprint density at radius 1 is 0.958 bits per heavy atom. The van der Waals surface area contributed by atoms with Crippen LogP contribution in [0.2, 0.25) is 0 Å². The number of amides is 1. The van der Waals surface area contributed by atoms with E-state index in [0.717, 1.165) is 43.1 Å². The lowest BCUT2D eigenvalue weighted by Gasteiger charge is -2.27. The van der Waals surface area contributed by atoms with Crippen LogP contribution in [0.4, 0.5) is 0 Å². The van der Waals surface area contributed by atoms with Crippen molar-refractivity contribution in [1.29, 1.82) is 0 Å². The molecule has 1 heterocycles. The molecule has 24 heavy (non-hydrogen) atoms. The van der Waals surface area contributed by atoms with Gasteiger partial charge in [-0.2, -0.15) is 0 Å². The Morgan fingerprint density at radius 3 is 2.04 bits per heavy atom. The van der Waals surface area contributed by atoms with Crippen LogP contribution >= 0.6 is 0 Å². The van der Waals surface area contributed by atoms with Gasteiger partial charge in [0, 0.05) is 42.9 Å². The minimum atomic E-state index is 0.0890. The number of ether oxygens (including phenoxy) is 1. The van der Waals surface area contributed by atoms with Crippen LogP contribution in [-0.2, 0) is 0 Å². The predicted molar refractivity (Wildman–Crippen MR) is 94.2 cm³/mol. The van der Waals surface area contributed by atoms with E-state index in [1.54, 1.807) is 7.11 Å². The third kappa shape index (κ3) is 3.95. The molecule has 0 spiro atoms. The summed E-state index contributed by atoms with van der Waals surface area (Å²) in [6, 6.07) is 15.1. The summed E-state index contributed by atoms with van der Waals surface area (Å²) in [5, 5.41) is 3.25. The molecule has 2 aromatic carbocycles. The highest BCUT2D eigenvalue weighted by Gasteiger charge is 2.17. The maximum Gasteiger partial charge on any atom is 0.253 e. The molecule has 122 valence electrons. The van der Waals surface area contributed by atoms with Crippen molar-refractivity contribution in [3.05, 3.63) is 65.2 Å². The number of piperazine rings is 1. The number of carbonyl (C=O) groups is 1. The topological polar surface area (TPSA) is 41.6 Å². The number of carbonyl (C=O) groups excluding carboxylic acids is 1. The molecule has 4 heteroatoms. The fraction of sp³-hybridized carbons (Fsp3) is 0.250. The Labute approximate surface area is 142 Å². The molecule has 3 rings (SSSR count). The van der Waals surface area contributed by atoms with Gasteiger partial charge in [0.2, 0.25) is 0 Å². The van der Waals surface area contributed by atoms with Crippen LogP contribution < -0.4 is 10.1 Å². The van der Waals surface area contributed by atoms with E-state index >= 15 is 0 Å². The van der Waals surface area contributed by atoms with Crippen LogP contribution in [0.15, 0.2) is 48.5 Å². The van der Waals surface area contributed by atoms with Gasteiger partial charge in [-0.25, -0.2) is 0 Å². The molecule has 1 aliphatic heterocycles. The molecule has 4 nitrogen and oxygen atoms in total. The van der Waals surface area contributed by atoms with Crippen LogP contribution in [0.5, 0.6) is 5.75 Å². The number of nitrogens with zero attached hydrogens (tertiary/aromatic N) is 1. The molecule has 2 aromatic rings. The van der Waals surface area contributed by atoms with Crippen molar-refractivity contribution in [3.63, 3.8) is 0 Å². The Bertz CT molecular complexity index is 749. The predicted octanol–water partition coefficient (Wildman–Crippen LogP) is 2.14. The summed E-state index contributed by atoms with van der Waals surface area (Å²) in [6.07, 6.45) is 0. The molecular weight excluding hydrogens is 300 g/mol. The molecule has 0 saturated carbocycles. The fourth-order valence-electron chi connectivity index (χ4n) is 2.57. The van der Waals surface area contributed by atoms with Crippen molar-refractivity contribution >= 4 is 5.91 Å². The lowest BCUT2D eigenvalue weighted by Crippen LogP contribution is -2.46. The van der Waals surface area contributed by atoms with Crippen LogP contribution in [-0.4, -0.2) is 44.1 Å². The van der Waals surface area contributed by atoms with Crippen LogP contribution in [0.25, 0.3) is 0 Å². The fourth-order valence-corrected chi connectivity index (χ4v) is 2.57. The second kappa shape index (κ2) is 7.67. The van der Waals surface area contributed by atoms with Crippen molar-refractivity contribution in [1.82, 2.24) is 10.2 Å². The average Bonchev–Trinajstić information content (AvgIpc) is 2.67. The summed E-state index contributed by atoms with van der Waals surface area (Å²) in [4.78, 5) is 14.3. The molecule has 0 aromatic heterocycles. The van der Waals surface area contributed by atoms with Crippen molar-refractivity contribution in [2.45, 2.75) is 0 Å². The van der Waals surface area contributed by atoms with Gasteiger partial charge in [0.1, 0.15) is 5.75 Å². The monoisotopic (exact) mass is 320 g/mol. The molecule has 0 bridgehead atoms. The Hall–Kier alpha value is -2.77. The lowest BCUT2D eigenvalue weighted by molar-refractivity contribution is 0.0736. The van der Waals surface area contributed by atoms with E-state index in [-0.39, 0.29) is 5.91 Å². The van der Waals surface area contributed by atoms with Gasteiger partial charge in [-0.05, 0) is 48.5 Å². The van der Waals surface area contributed by atoms with E-state index in [1.165, 1.54) is 0 Å². The quantitative estimate of drug-likeness (QED) is 0.862. The van der Waals surface area contributed by atoms with Gasteiger partial charge in [-0.1, -0.05) is 11.8 Å². The number of benzene rings is 2. The molecule has 1 aliphatic rings. The third-order valence-corrected chi connectivity index (χ3v) is 3.98. The Kier molecular flexibility index (Phi) is 5.15. The lowest BCUT2D eigenvalue weighted by atomic mass is 10.1. The van der Waals surface area contributed by atoms with Gasteiger partial charge in [-0.3, -0.25) is 4.79 Å². The molecule has 1 amide bonds. The molecule has 0 radical (unpaired) electrons. The maximum absolute atomic E-state index is 12.4. The summed E-state index contributed by atoms with van der Waals surface area (Å²) >= 11 is 0. The van der Waals surface area contributed by atoms with Crippen LogP contribution in [0.1, 0.15) is 21.5 Å². The summed E-state index contributed by atoms with van der Waals surface area (Å²) in [7, 11) is 1.64. The Morgan fingerprint density at radius 2 is 1.50 bits per heavy atom. The van der Waals surface area contributed by atoms with Gasteiger partial charge >= 0.3 is 0 Å². The number of hydrogen-bond donors (Lipinski definition) is 1. The van der Waals surface area contributed by atoms with Crippen LogP contribution in [0, 0.1) is 11.8 Å². The van der Waals surface area contributed by atoms with Gasteiger partial charge in [0.15, 0.2) is 0 Å². The van der Waals surface area contributed by atoms with E-state index in [2.05, 4.69) is 17.2 Å². The second-order valence-electron chi connectivity index (χ2n) is 5.60. The molecule has 1 N–H and O–H groups in total. The van der Waals surface area contributed by atoms with E-state index < -0.39 is 0 Å². The zero-order valence-corrected chi connectivity index (χ0v) is 13.7. The first kappa shape index (κ1) is 16.1. The van der Waals surface area contributed by atoms with Crippen molar-refractivity contribution < 1.29 is 9.53 Å². The first-order chi connectivity index (χ1) is 11.8. The van der Waals surface area contributed by atoms with Gasteiger partial charge in [-0.15, -0.1) is 0 Å². The van der Waals surface area contributed by atoms with Gasteiger partial charge in [0.25, 0.3) is 5.91 Å². The summed E-state index contributed by atoms with van der Waals surface area (Å²) in [6.45, 7) is 3.24. The molecule has 0 unspecified atom stereocenters. The average molecular weight is 320 g/mol. The van der Waals surface area contributed by atoms with Crippen molar-refractivity contribution in [3.8, 4) is 17.6 Å². The molecule has 0 aliphatic carbocycles. The molecule has 1 saturated heterocycles. The second-order valence-corrected chi connectivity index (χ2v) is 5.60. The largest absolute Gasteiger partial charge is 0.497 e. The summed E-state index contributed by atoms with van der Waals surface area (Å²) in [5.74, 6) is 7.14. The number of hydrogen-bond acceptors (Lipinski definition) is 3. The number of rotatable bonds is 2. The van der Waals surface area contributed by atoms with E-state index in [4.69, 9.17) is 4.74 Å². The number of methoxy groups -OCH3 is 1. The summed E-state index contributed by atoms with van der Waals surface area (Å²) in [5.41, 5.74) is 2.53. The number of nitrogens with one attached hydrogen (secondary N) is 1. The van der Waals surface area contributed by atoms with E-state index in [0.29, 0.717) is 5.56 Å². The van der Waals surface area contributed by atoms with Crippen molar-refractivity contribution in [2.24, 2.45) is 0 Å². The first-order valence-electron chi connectivity index (χ1n) is 8.02. The van der Waals surface area contributed by atoms with Crippen LogP contribution in [0.3, 0.4) is 0 Å². The normalized spacial score (nSPS) is 13.8. The van der Waals surface area contributed by atoms with Crippen molar-refractivity contribution in [2.75, 3.05) is 33.3 Å². The zero-order valence-electron chi connectivity index (χ0n) is 13.7. The highest BCUT2D eigenvalue weighted by atomic mass is 16.5. The smallest absolute Gasteiger partial charge is 0.253 e. The van der Waals surface area contributed by atoms with Gasteiger partial charge in [0.05, 0.1) is 7.11 Å². The highest BCUT2D eigenvalue weighted by molar-refractivity contribution is 5.94. The first-order valence-corrected chi connectivity index (χ1v) is 8.02. The minimum Gasteiger partial charge on any atom is -0.497 e. The molecular formula is C20H20N2O2. The standard InChI is InChI=1S/C20H20N2O2/c1-24-19-10-6-17(7-11-19)3-2-16-4-8-18(9-5-16)20(23)22-14-12-21-13-15-22/h4-11,21H,12-15H2,1H3.